The van der Waals surface area contributed by atoms with Crippen molar-refractivity contribution in [2.75, 3.05) is 19.4 Å². The number of ether oxygens (including phenoxy) is 1. The molecule has 4 aromatic rings. The second-order valence-electron chi connectivity index (χ2n) is 9.91. The maximum atomic E-state index is 15.5. The Morgan fingerprint density at radius 2 is 1.79 bits per heavy atom. The first-order valence-electron chi connectivity index (χ1n) is 13.0. The third-order valence-corrected chi connectivity index (χ3v) is 9.04. The van der Waals surface area contributed by atoms with Gasteiger partial charge in [-0.1, -0.05) is 48.0 Å². The van der Waals surface area contributed by atoms with Crippen LogP contribution in [0, 0.1) is 18.6 Å². The molecule has 220 valence electrons. The van der Waals surface area contributed by atoms with Crippen molar-refractivity contribution in [1.29, 1.82) is 0 Å². The maximum absolute atomic E-state index is 15.5. The molecule has 4 nitrogen and oxygen atoms in total. The van der Waals surface area contributed by atoms with Crippen LogP contribution in [0.15, 0.2) is 70.5 Å². The summed E-state index contributed by atoms with van der Waals surface area (Å²) >= 11 is 7.58. The number of aromatic nitrogens is 1. The van der Waals surface area contributed by atoms with E-state index < -0.39 is 47.0 Å². The average molecular weight is 621 g/mol. The lowest BCUT2D eigenvalue weighted by molar-refractivity contribution is -0.138. The van der Waals surface area contributed by atoms with Gasteiger partial charge in [0.1, 0.15) is 5.82 Å². The van der Waals surface area contributed by atoms with Gasteiger partial charge in [-0.05, 0) is 47.9 Å². The van der Waals surface area contributed by atoms with Crippen LogP contribution in [0.3, 0.4) is 0 Å². The molecule has 11 heteroatoms. The summed E-state index contributed by atoms with van der Waals surface area (Å²) in [5.74, 6) is -1.43. The van der Waals surface area contributed by atoms with E-state index in [0.29, 0.717) is 34.5 Å². The van der Waals surface area contributed by atoms with Crippen LogP contribution in [0.1, 0.15) is 33.9 Å². The number of halogens is 6. The molecule has 0 saturated carbocycles. The lowest BCUT2D eigenvalue weighted by Crippen LogP contribution is -2.33. The number of rotatable bonds is 8. The van der Waals surface area contributed by atoms with Gasteiger partial charge in [0.25, 0.3) is 5.56 Å². The molecule has 0 bridgehead atoms. The molecule has 3 aromatic carbocycles. The quantitative estimate of drug-likeness (QED) is 0.204. The van der Waals surface area contributed by atoms with E-state index in [4.69, 9.17) is 16.3 Å². The summed E-state index contributed by atoms with van der Waals surface area (Å²) < 4.78 is 78.9. The average Bonchev–Trinajstić information content (AvgIpc) is 3.37. The van der Waals surface area contributed by atoms with Gasteiger partial charge in [0, 0.05) is 41.4 Å². The first kappa shape index (κ1) is 30.1. The smallest absolute Gasteiger partial charge is 0.416 e. The molecule has 0 saturated heterocycles. The summed E-state index contributed by atoms with van der Waals surface area (Å²) in [6, 6.07) is 14.1. The van der Waals surface area contributed by atoms with E-state index in [-0.39, 0.29) is 22.4 Å². The molecule has 2 heterocycles. The predicted molar refractivity (Wildman–Crippen MR) is 155 cm³/mol. The van der Waals surface area contributed by atoms with Crippen LogP contribution >= 0.6 is 23.4 Å². The summed E-state index contributed by atoms with van der Waals surface area (Å²) in [6.07, 6.45) is -5.23. The standard InChI is InChI=1S/C31H26ClF5N2O2S/c1-17-21(13-22-23(31(35,36)37)9-6-11-25(22)33)30-39(29(40)27(17)20-8-5-12-26(41-2)28(20)34)19(16-42-30)15-38-14-18-7-3-4-10-24(18)32/h3-12,19,38H,13-16H2,1-2H3. The Morgan fingerprint density at radius 3 is 2.50 bits per heavy atom. The van der Waals surface area contributed by atoms with Crippen molar-refractivity contribution in [3.05, 3.63) is 115 Å². The molecule has 1 aliphatic rings. The Morgan fingerprint density at radius 1 is 1.05 bits per heavy atom. The van der Waals surface area contributed by atoms with Crippen molar-refractivity contribution in [1.82, 2.24) is 9.88 Å². The summed E-state index contributed by atoms with van der Waals surface area (Å²) in [5, 5.41) is 4.32. The van der Waals surface area contributed by atoms with Crippen LogP contribution < -0.4 is 15.6 Å². The second kappa shape index (κ2) is 12.1. The zero-order chi connectivity index (χ0) is 30.2. The minimum atomic E-state index is -4.79. The SMILES string of the molecule is COc1cccc(-c2c(C)c(Cc3c(F)cccc3C(F)(F)F)c3n(c2=O)C(CNCc2ccccc2Cl)CS3)c1F. The Bertz CT molecular complexity index is 1710. The number of hydrogen-bond acceptors (Lipinski definition) is 4. The number of hydrogen-bond donors (Lipinski definition) is 1. The second-order valence-corrected chi connectivity index (χ2v) is 11.3. The number of benzene rings is 3. The number of thioether (sulfide) groups is 1. The molecule has 0 amide bonds. The van der Waals surface area contributed by atoms with Crippen LogP contribution in [-0.2, 0) is 19.1 Å². The highest BCUT2D eigenvalue weighted by atomic mass is 35.5. The van der Waals surface area contributed by atoms with E-state index in [1.54, 1.807) is 13.0 Å². The molecule has 0 fully saturated rings. The number of pyridine rings is 1. The van der Waals surface area contributed by atoms with Crippen molar-refractivity contribution in [2.24, 2.45) is 0 Å². The van der Waals surface area contributed by atoms with Gasteiger partial charge < -0.3 is 10.1 Å². The minimum Gasteiger partial charge on any atom is -0.494 e. The summed E-state index contributed by atoms with van der Waals surface area (Å²) in [5.41, 5.74) is -0.688. The Balaban J connectivity index is 1.65. The molecule has 1 N–H and O–H groups in total. The molecule has 1 unspecified atom stereocenters. The van der Waals surface area contributed by atoms with E-state index in [9.17, 15) is 22.4 Å². The van der Waals surface area contributed by atoms with Crippen LogP contribution in [0.5, 0.6) is 5.75 Å². The highest BCUT2D eigenvalue weighted by molar-refractivity contribution is 7.99. The van der Waals surface area contributed by atoms with E-state index in [1.807, 2.05) is 18.2 Å². The molecule has 1 aliphatic heterocycles. The van der Waals surface area contributed by atoms with Crippen LogP contribution in [0.25, 0.3) is 11.1 Å². The molecule has 5 rings (SSSR count). The third-order valence-electron chi connectivity index (χ3n) is 7.40. The van der Waals surface area contributed by atoms with E-state index in [1.165, 1.54) is 41.6 Å². The van der Waals surface area contributed by atoms with Gasteiger partial charge in [-0.15, -0.1) is 11.8 Å². The Hall–Kier alpha value is -3.34. The number of nitrogens with zero attached hydrogens (tertiary/aromatic N) is 1. The summed E-state index contributed by atoms with van der Waals surface area (Å²) in [7, 11) is 1.30. The fraction of sp³-hybridized carbons (Fsp3) is 0.258. The summed E-state index contributed by atoms with van der Waals surface area (Å²) in [6.45, 7) is 2.32. The Kier molecular flexibility index (Phi) is 8.68. The molecule has 42 heavy (non-hydrogen) atoms. The van der Waals surface area contributed by atoms with Gasteiger partial charge in [0.15, 0.2) is 11.6 Å². The molecule has 0 spiro atoms. The number of methoxy groups -OCH3 is 1. The van der Waals surface area contributed by atoms with E-state index in [0.717, 1.165) is 23.8 Å². The van der Waals surface area contributed by atoms with Gasteiger partial charge in [0.05, 0.1) is 29.3 Å². The molecular formula is C31H26ClF5N2O2S. The van der Waals surface area contributed by atoms with Crippen molar-refractivity contribution < 1.29 is 26.7 Å². The number of alkyl halides is 3. The third kappa shape index (κ3) is 5.67. The molecule has 0 aliphatic carbocycles. The van der Waals surface area contributed by atoms with Crippen LogP contribution in [0.2, 0.25) is 5.02 Å². The van der Waals surface area contributed by atoms with Crippen molar-refractivity contribution in [3.63, 3.8) is 0 Å². The topological polar surface area (TPSA) is 43.3 Å². The monoisotopic (exact) mass is 620 g/mol. The Labute approximate surface area is 248 Å². The van der Waals surface area contributed by atoms with Crippen LogP contribution in [0.4, 0.5) is 22.0 Å². The highest BCUT2D eigenvalue weighted by Gasteiger charge is 2.36. The van der Waals surface area contributed by atoms with Crippen molar-refractivity contribution in [3.8, 4) is 16.9 Å². The van der Waals surface area contributed by atoms with Gasteiger partial charge in [0.2, 0.25) is 0 Å². The fourth-order valence-corrected chi connectivity index (χ4v) is 6.89. The number of fused-ring (bicyclic) bond motifs is 1. The van der Waals surface area contributed by atoms with Crippen LogP contribution in [-0.4, -0.2) is 24.0 Å². The van der Waals surface area contributed by atoms with E-state index in [2.05, 4.69) is 5.32 Å². The minimum absolute atomic E-state index is 0.00588. The van der Waals surface area contributed by atoms with E-state index >= 15 is 4.39 Å². The fourth-order valence-electron chi connectivity index (χ4n) is 5.30. The summed E-state index contributed by atoms with van der Waals surface area (Å²) in [4.78, 5) is 14.1. The molecule has 1 aromatic heterocycles. The van der Waals surface area contributed by atoms with Gasteiger partial charge in [-0.2, -0.15) is 13.2 Å². The highest BCUT2D eigenvalue weighted by Crippen LogP contribution is 2.42. The van der Waals surface area contributed by atoms with Crippen molar-refractivity contribution >= 4 is 23.4 Å². The van der Waals surface area contributed by atoms with Gasteiger partial charge in [-0.25, -0.2) is 8.78 Å². The maximum Gasteiger partial charge on any atom is 0.416 e. The van der Waals surface area contributed by atoms with Gasteiger partial charge in [-0.3, -0.25) is 9.36 Å². The lowest BCUT2D eigenvalue weighted by atomic mass is 9.92. The van der Waals surface area contributed by atoms with Crippen molar-refractivity contribution in [2.45, 2.75) is 37.1 Å². The zero-order valence-electron chi connectivity index (χ0n) is 22.6. The zero-order valence-corrected chi connectivity index (χ0v) is 24.2. The first-order valence-corrected chi connectivity index (χ1v) is 14.4. The number of nitrogens with one attached hydrogen (secondary N) is 1. The van der Waals surface area contributed by atoms with Gasteiger partial charge >= 0.3 is 6.18 Å². The lowest BCUT2D eigenvalue weighted by Gasteiger charge is -2.22. The molecular weight excluding hydrogens is 595 g/mol. The first-order chi connectivity index (χ1) is 20.0. The molecule has 1 atom stereocenters. The predicted octanol–water partition coefficient (Wildman–Crippen LogP) is 7.81. The normalized spacial score (nSPS) is 14.7. The molecule has 0 radical (unpaired) electrons. The largest absolute Gasteiger partial charge is 0.494 e.